The Balaban J connectivity index is 1.88. The van der Waals surface area contributed by atoms with E-state index >= 15 is 0 Å². The molecule has 1 aromatic heterocycles. The van der Waals surface area contributed by atoms with Crippen molar-refractivity contribution in [2.75, 3.05) is 5.73 Å². The Kier molecular flexibility index (Phi) is 3.11. The first-order valence-electron chi connectivity index (χ1n) is 6.67. The molecular weight excluding hydrogens is 248 g/mol. The van der Waals surface area contributed by atoms with E-state index in [4.69, 9.17) is 10.5 Å². The fourth-order valence-electron chi connectivity index (χ4n) is 2.49. The molecule has 0 aliphatic carbocycles. The summed E-state index contributed by atoms with van der Waals surface area (Å²) in [5, 5.41) is 1.15. The summed E-state index contributed by atoms with van der Waals surface area (Å²) in [5.41, 5.74) is 10.3. The third-order valence-corrected chi connectivity index (χ3v) is 3.53. The predicted octanol–water partition coefficient (Wildman–Crippen LogP) is 3.65. The Morgan fingerprint density at radius 3 is 2.60 bits per heavy atom. The molecule has 3 aromatic rings. The molecule has 1 heterocycles. The largest absolute Gasteiger partial charge is 0.489 e. The predicted molar refractivity (Wildman–Crippen MR) is 82.8 cm³/mol. The summed E-state index contributed by atoms with van der Waals surface area (Å²) >= 11 is 0. The lowest BCUT2D eigenvalue weighted by molar-refractivity contribution is 0.307. The van der Waals surface area contributed by atoms with E-state index < -0.39 is 0 Å². The van der Waals surface area contributed by atoms with Crippen molar-refractivity contribution in [1.82, 2.24) is 4.57 Å². The molecule has 102 valence electrons. The molecule has 0 aliphatic heterocycles. The van der Waals surface area contributed by atoms with Gasteiger partial charge in [-0.1, -0.05) is 29.8 Å². The fourth-order valence-corrected chi connectivity index (χ4v) is 2.49. The number of para-hydroxylation sites is 1. The Labute approximate surface area is 118 Å². The van der Waals surface area contributed by atoms with Gasteiger partial charge in [-0.05, 0) is 25.1 Å². The molecule has 20 heavy (non-hydrogen) atoms. The molecule has 2 aromatic carbocycles. The van der Waals surface area contributed by atoms with Crippen LogP contribution >= 0.6 is 0 Å². The minimum absolute atomic E-state index is 0.545. The molecule has 2 N–H and O–H groups in total. The summed E-state index contributed by atoms with van der Waals surface area (Å²) < 4.78 is 7.91. The van der Waals surface area contributed by atoms with E-state index in [1.54, 1.807) is 0 Å². The van der Waals surface area contributed by atoms with Crippen molar-refractivity contribution in [3.8, 4) is 5.75 Å². The Hall–Kier alpha value is -2.42. The number of ether oxygens (including phenoxy) is 1. The van der Waals surface area contributed by atoms with Gasteiger partial charge in [0.15, 0.2) is 0 Å². The lowest BCUT2D eigenvalue weighted by Crippen LogP contribution is -1.94. The quantitative estimate of drug-likeness (QED) is 0.735. The second kappa shape index (κ2) is 4.93. The van der Waals surface area contributed by atoms with Gasteiger partial charge in [-0.15, -0.1) is 0 Å². The lowest BCUT2D eigenvalue weighted by Gasteiger charge is -2.05. The molecule has 0 amide bonds. The molecule has 0 atom stereocenters. The zero-order valence-corrected chi connectivity index (χ0v) is 11.8. The van der Waals surface area contributed by atoms with Crippen LogP contribution in [-0.2, 0) is 13.7 Å². The van der Waals surface area contributed by atoms with Gasteiger partial charge < -0.3 is 15.0 Å². The molecule has 0 fully saturated rings. The maximum Gasteiger partial charge on any atom is 0.119 e. The number of anilines is 1. The maximum absolute atomic E-state index is 6.03. The van der Waals surface area contributed by atoms with Crippen molar-refractivity contribution in [2.45, 2.75) is 13.5 Å². The average molecular weight is 266 g/mol. The van der Waals surface area contributed by atoms with Crippen LogP contribution in [0, 0.1) is 6.92 Å². The minimum atomic E-state index is 0.545. The molecule has 3 rings (SSSR count). The van der Waals surface area contributed by atoms with Crippen molar-refractivity contribution < 1.29 is 4.74 Å². The Morgan fingerprint density at radius 1 is 1.10 bits per heavy atom. The maximum atomic E-state index is 6.03. The zero-order chi connectivity index (χ0) is 14.1. The van der Waals surface area contributed by atoms with Gasteiger partial charge in [0.25, 0.3) is 0 Å². The molecule has 0 saturated carbocycles. The monoisotopic (exact) mass is 266 g/mol. The summed E-state index contributed by atoms with van der Waals surface area (Å²) in [6.07, 6.45) is 2.08. The van der Waals surface area contributed by atoms with E-state index in [0.29, 0.717) is 6.61 Å². The second-order valence-electron chi connectivity index (χ2n) is 5.11. The van der Waals surface area contributed by atoms with Crippen molar-refractivity contribution in [1.29, 1.82) is 0 Å². The van der Waals surface area contributed by atoms with Gasteiger partial charge in [-0.2, -0.15) is 0 Å². The Morgan fingerprint density at radius 2 is 1.85 bits per heavy atom. The van der Waals surface area contributed by atoms with Crippen molar-refractivity contribution >= 4 is 16.6 Å². The van der Waals surface area contributed by atoms with Gasteiger partial charge in [-0.25, -0.2) is 0 Å². The summed E-state index contributed by atoms with van der Waals surface area (Å²) in [4.78, 5) is 0. The highest BCUT2D eigenvalue weighted by Gasteiger charge is 2.09. The average Bonchev–Trinajstić information content (AvgIpc) is 2.76. The number of hydrogen-bond acceptors (Lipinski definition) is 2. The standard InChI is InChI=1S/C17H18N2O/c1-12-6-8-14(9-7-12)20-11-13-10-19(2)17-15(13)4-3-5-16(17)18/h3-10H,11,18H2,1-2H3. The zero-order valence-electron chi connectivity index (χ0n) is 11.8. The van der Waals surface area contributed by atoms with Crippen molar-refractivity contribution in [2.24, 2.45) is 7.05 Å². The number of nitrogens with zero attached hydrogens (tertiary/aromatic N) is 1. The van der Waals surface area contributed by atoms with Crippen LogP contribution in [-0.4, -0.2) is 4.57 Å². The first-order valence-corrected chi connectivity index (χ1v) is 6.67. The van der Waals surface area contributed by atoms with E-state index in [1.807, 2.05) is 31.3 Å². The van der Waals surface area contributed by atoms with Crippen LogP contribution in [0.15, 0.2) is 48.7 Å². The smallest absolute Gasteiger partial charge is 0.119 e. The number of nitrogen functional groups attached to an aromatic ring is 1. The van der Waals surface area contributed by atoms with E-state index in [2.05, 4.69) is 35.9 Å². The van der Waals surface area contributed by atoms with Gasteiger partial charge in [0, 0.05) is 24.2 Å². The molecular formula is C17H18N2O. The third kappa shape index (κ3) is 2.23. The van der Waals surface area contributed by atoms with Crippen LogP contribution in [0.5, 0.6) is 5.75 Å². The molecule has 0 saturated heterocycles. The van der Waals surface area contributed by atoms with Crippen molar-refractivity contribution in [3.63, 3.8) is 0 Å². The first kappa shape index (κ1) is 12.6. The van der Waals surface area contributed by atoms with E-state index in [1.165, 1.54) is 5.56 Å². The number of nitrogens with two attached hydrogens (primary N) is 1. The number of benzene rings is 2. The van der Waals surface area contributed by atoms with Crippen LogP contribution < -0.4 is 10.5 Å². The van der Waals surface area contributed by atoms with Gasteiger partial charge >= 0.3 is 0 Å². The lowest BCUT2D eigenvalue weighted by atomic mass is 10.1. The minimum Gasteiger partial charge on any atom is -0.489 e. The van der Waals surface area contributed by atoms with Crippen LogP contribution in [0.25, 0.3) is 10.9 Å². The number of aromatic nitrogens is 1. The van der Waals surface area contributed by atoms with Crippen LogP contribution in [0.4, 0.5) is 5.69 Å². The van der Waals surface area contributed by atoms with E-state index in [9.17, 15) is 0 Å². The molecule has 0 spiro atoms. The molecule has 0 bridgehead atoms. The fraction of sp³-hybridized carbons (Fsp3) is 0.176. The van der Waals surface area contributed by atoms with Gasteiger partial charge in [0.2, 0.25) is 0 Å². The van der Waals surface area contributed by atoms with E-state index in [0.717, 1.165) is 27.9 Å². The highest BCUT2D eigenvalue weighted by molar-refractivity contribution is 5.93. The molecule has 0 unspecified atom stereocenters. The number of rotatable bonds is 3. The van der Waals surface area contributed by atoms with Crippen LogP contribution in [0.2, 0.25) is 0 Å². The normalized spacial score (nSPS) is 10.9. The highest BCUT2D eigenvalue weighted by atomic mass is 16.5. The molecule has 3 heteroatoms. The topological polar surface area (TPSA) is 40.2 Å². The highest BCUT2D eigenvalue weighted by Crippen LogP contribution is 2.26. The summed E-state index contributed by atoms with van der Waals surface area (Å²) in [7, 11) is 2.01. The van der Waals surface area contributed by atoms with Gasteiger partial charge in [-0.3, -0.25) is 0 Å². The summed E-state index contributed by atoms with van der Waals surface area (Å²) in [5.74, 6) is 0.886. The number of hydrogen-bond donors (Lipinski definition) is 1. The first-order chi connectivity index (χ1) is 9.65. The number of fused-ring (bicyclic) bond motifs is 1. The van der Waals surface area contributed by atoms with Crippen LogP contribution in [0.3, 0.4) is 0 Å². The Bertz CT molecular complexity index is 742. The van der Waals surface area contributed by atoms with Crippen molar-refractivity contribution in [3.05, 3.63) is 59.8 Å². The summed E-state index contributed by atoms with van der Waals surface area (Å²) in [6.45, 7) is 2.61. The molecule has 0 radical (unpaired) electrons. The summed E-state index contributed by atoms with van der Waals surface area (Å²) in [6, 6.07) is 14.1. The second-order valence-corrected chi connectivity index (χ2v) is 5.11. The van der Waals surface area contributed by atoms with Crippen LogP contribution in [0.1, 0.15) is 11.1 Å². The van der Waals surface area contributed by atoms with Gasteiger partial charge in [0.1, 0.15) is 12.4 Å². The van der Waals surface area contributed by atoms with E-state index in [-0.39, 0.29) is 0 Å². The molecule has 3 nitrogen and oxygen atoms in total. The molecule has 0 aliphatic rings. The number of aryl methyl sites for hydroxylation is 2. The van der Waals surface area contributed by atoms with Gasteiger partial charge in [0.05, 0.1) is 11.2 Å². The third-order valence-electron chi connectivity index (χ3n) is 3.53. The SMILES string of the molecule is Cc1ccc(OCc2cn(C)c3c(N)cccc23)cc1.